The summed E-state index contributed by atoms with van der Waals surface area (Å²) in [5, 5.41) is 6.22. The van der Waals surface area contributed by atoms with Crippen molar-refractivity contribution in [2.75, 3.05) is 16.4 Å². The third kappa shape index (κ3) is 5.97. The Bertz CT molecular complexity index is 1060. The molecule has 0 aliphatic heterocycles. The number of halogens is 3. The number of anilines is 2. The maximum absolute atomic E-state index is 13.7. The number of carbonyl (C=O) groups excluding carboxylic acids is 2. The summed E-state index contributed by atoms with van der Waals surface area (Å²) in [4.78, 5) is 25.2. The highest BCUT2D eigenvalue weighted by atomic mass is 35.5. The van der Waals surface area contributed by atoms with E-state index in [1.807, 2.05) is 6.07 Å². The second-order valence-electron chi connectivity index (χ2n) is 5.92. The lowest BCUT2D eigenvalue weighted by molar-refractivity contribution is -0.113. The molecule has 0 atom stereocenters. The zero-order chi connectivity index (χ0) is 20.8. The van der Waals surface area contributed by atoms with Crippen LogP contribution in [0.1, 0.15) is 10.4 Å². The van der Waals surface area contributed by atoms with E-state index in [-0.39, 0.29) is 17.2 Å². The molecule has 0 saturated heterocycles. The fourth-order valence-corrected chi connectivity index (χ4v) is 3.64. The second-order valence-corrected chi connectivity index (χ2v) is 7.82. The summed E-state index contributed by atoms with van der Waals surface area (Å²) in [7, 11) is 0. The molecule has 3 rings (SSSR count). The first kappa shape index (κ1) is 21.2. The molecule has 2 amide bonds. The van der Waals surface area contributed by atoms with Crippen LogP contribution in [0, 0.1) is 5.82 Å². The van der Waals surface area contributed by atoms with Gasteiger partial charge in [0.15, 0.2) is 0 Å². The van der Waals surface area contributed by atoms with E-state index < -0.39 is 11.7 Å². The number of amides is 2. The Balaban J connectivity index is 1.59. The van der Waals surface area contributed by atoms with E-state index >= 15 is 0 Å². The quantitative estimate of drug-likeness (QED) is 0.446. The Labute approximate surface area is 181 Å². The third-order valence-corrected chi connectivity index (χ3v) is 5.33. The molecule has 0 radical (unpaired) electrons. The number of rotatable bonds is 6. The highest BCUT2D eigenvalue weighted by Crippen LogP contribution is 2.26. The first-order chi connectivity index (χ1) is 13.9. The maximum Gasteiger partial charge on any atom is 0.258 e. The van der Waals surface area contributed by atoms with Gasteiger partial charge in [0.1, 0.15) is 5.82 Å². The predicted octanol–water partition coefficient (Wildman–Crippen LogP) is 6.12. The van der Waals surface area contributed by atoms with Gasteiger partial charge >= 0.3 is 0 Å². The van der Waals surface area contributed by atoms with E-state index in [1.54, 1.807) is 42.5 Å². The Kier molecular flexibility index (Phi) is 7.14. The van der Waals surface area contributed by atoms with Crippen LogP contribution in [-0.4, -0.2) is 17.6 Å². The molecule has 0 spiro atoms. The predicted molar refractivity (Wildman–Crippen MR) is 117 cm³/mol. The summed E-state index contributed by atoms with van der Waals surface area (Å²) < 4.78 is 13.7. The summed E-state index contributed by atoms with van der Waals surface area (Å²) >= 11 is 13.2. The van der Waals surface area contributed by atoms with Gasteiger partial charge in [-0.3, -0.25) is 9.59 Å². The normalized spacial score (nSPS) is 10.4. The van der Waals surface area contributed by atoms with Crippen LogP contribution in [0.4, 0.5) is 15.8 Å². The van der Waals surface area contributed by atoms with Crippen LogP contribution in [-0.2, 0) is 4.79 Å². The molecular weight excluding hydrogens is 434 g/mol. The van der Waals surface area contributed by atoms with Crippen molar-refractivity contribution in [3.05, 3.63) is 88.2 Å². The number of hydrogen-bond donors (Lipinski definition) is 2. The van der Waals surface area contributed by atoms with Gasteiger partial charge in [0, 0.05) is 15.6 Å². The van der Waals surface area contributed by atoms with E-state index in [2.05, 4.69) is 10.6 Å². The molecule has 148 valence electrons. The van der Waals surface area contributed by atoms with E-state index in [0.717, 1.165) is 4.90 Å². The molecule has 2 N–H and O–H groups in total. The van der Waals surface area contributed by atoms with Crippen molar-refractivity contribution in [3.8, 4) is 0 Å². The zero-order valence-electron chi connectivity index (χ0n) is 14.9. The number of nitrogens with one attached hydrogen (secondary N) is 2. The van der Waals surface area contributed by atoms with Crippen molar-refractivity contribution in [3.63, 3.8) is 0 Å². The molecule has 0 heterocycles. The topological polar surface area (TPSA) is 58.2 Å². The highest BCUT2D eigenvalue weighted by molar-refractivity contribution is 8.00. The van der Waals surface area contributed by atoms with E-state index in [4.69, 9.17) is 23.2 Å². The summed E-state index contributed by atoms with van der Waals surface area (Å²) in [5.41, 5.74) is 0.946. The molecule has 3 aromatic carbocycles. The fraction of sp³-hybridized carbons (Fsp3) is 0.0476. The largest absolute Gasteiger partial charge is 0.324 e. The number of carbonyl (C=O) groups is 2. The van der Waals surface area contributed by atoms with Crippen molar-refractivity contribution in [2.45, 2.75) is 4.90 Å². The van der Waals surface area contributed by atoms with E-state index in [1.165, 1.54) is 30.0 Å². The standard InChI is InChI=1S/C21H15Cl2FN2O2S/c22-13-8-9-19(17(23)10-13)26-20(27)12-29-15-5-3-4-14(11-15)25-21(28)16-6-1-2-7-18(16)24/h1-11H,12H2,(H,25,28)(H,26,27). The minimum Gasteiger partial charge on any atom is -0.324 e. The van der Waals surface area contributed by atoms with Gasteiger partial charge in [-0.2, -0.15) is 0 Å². The van der Waals surface area contributed by atoms with E-state index in [0.29, 0.717) is 21.4 Å². The van der Waals surface area contributed by atoms with Crippen LogP contribution >= 0.6 is 35.0 Å². The summed E-state index contributed by atoms with van der Waals surface area (Å²) in [6.45, 7) is 0. The van der Waals surface area contributed by atoms with Gasteiger partial charge < -0.3 is 10.6 Å². The Morgan fingerprint density at radius 1 is 0.931 bits per heavy atom. The zero-order valence-corrected chi connectivity index (χ0v) is 17.2. The van der Waals surface area contributed by atoms with Gasteiger partial charge in [0.25, 0.3) is 5.91 Å². The lowest BCUT2D eigenvalue weighted by Crippen LogP contribution is -2.14. The van der Waals surface area contributed by atoms with Crippen LogP contribution in [0.2, 0.25) is 10.0 Å². The van der Waals surface area contributed by atoms with Crippen molar-refractivity contribution in [2.24, 2.45) is 0 Å². The van der Waals surface area contributed by atoms with Crippen LogP contribution < -0.4 is 10.6 Å². The van der Waals surface area contributed by atoms with Crippen LogP contribution in [0.3, 0.4) is 0 Å². The SMILES string of the molecule is O=C(CSc1cccc(NC(=O)c2ccccc2F)c1)Nc1ccc(Cl)cc1Cl. The summed E-state index contributed by atoms with van der Waals surface area (Å²) in [6.07, 6.45) is 0. The molecule has 0 aliphatic rings. The highest BCUT2D eigenvalue weighted by Gasteiger charge is 2.12. The molecule has 0 bridgehead atoms. The van der Waals surface area contributed by atoms with Crippen molar-refractivity contribution in [1.82, 2.24) is 0 Å². The molecule has 0 aromatic heterocycles. The van der Waals surface area contributed by atoms with Gasteiger partial charge in [0.2, 0.25) is 5.91 Å². The number of benzene rings is 3. The first-order valence-electron chi connectivity index (χ1n) is 8.46. The molecule has 0 aliphatic carbocycles. The van der Waals surface area contributed by atoms with Gasteiger partial charge in [-0.1, -0.05) is 41.4 Å². The molecule has 0 fully saturated rings. The van der Waals surface area contributed by atoms with Gasteiger partial charge in [-0.25, -0.2) is 4.39 Å². The minimum atomic E-state index is -0.590. The average Bonchev–Trinajstić information content (AvgIpc) is 2.69. The average molecular weight is 449 g/mol. The summed E-state index contributed by atoms with van der Waals surface area (Å²) in [5.74, 6) is -1.22. The molecule has 29 heavy (non-hydrogen) atoms. The van der Waals surface area contributed by atoms with Crippen molar-refractivity contribution >= 4 is 58.2 Å². The lowest BCUT2D eigenvalue weighted by atomic mass is 10.2. The van der Waals surface area contributed by atoms with Crippen LogP contribution in [0.5, 0.6) is 0 Å². The lowest BCUT2D eigenvalue weighted by Gasteiger charge is -2.09. The Morgan fingerprint density at radius 3 is 2.48 bits per heavy atom. The Hall–Kier alpha value is -2.54. The fourth-order valence-electron chi connectivity index (χ4n) is 2.43. The van der Waals surface area contributed by atoms with Gasteiger partial charge in [0.05, 0.1) is 22.0 Å². The van der Waals surface area contributed by atoms with Crippen molar-refractivity contribution < 1.29 is 14.0 Å². The molecule has 0 saturated carbocycles. The molecule has 0 unspecified atom stereocenters. The number of thioether (sulfide) groups is 1. The molecule has 3 aromatic rings. The molecule has 8 heteroatoms. The second kappa shape index (κ2) is 9.78. The minimum absolute atomic E-state index is 0.0372. The third-order valence-electron chi connectivity index (χ3n) is 3.79. The summed E-state index contributed by atoms with van der Waals surface area (Å²) in [6, 6.07) is 17.5. The molecular formula is C21H15Cl2FN2O2S. The monoisotopic (exact) mass is 448 g/mol. The van der Waals surface area contributed by atoms with Crippen LogP contribution in [0.25, 0.3) is 0 Å². The molecule has 4 nitrogen and oxygen atoms in total. The van der Waals surface area contributed by atoms with Gasteiger partial charge in [-0.15, -0.1) is 11.8 Å². The van der Waals surface area contributed by atoms with Crippen molar-refractivity contribution in [1.29, 1.82) is 0 Å². The van der Waals surface area contributed by atoms with E-state index in [9.17, 15) is 14.0 Å². The smallest absolute Gasteiger partial charge is 0.258 e. The Morgan fingerprint density at radius 2 is 1.72 bits per heavy atom. The number of hydrogen-bond acceptors (Lipinski definition) is 3. The van der Waals surface area contributed by atoms with Crippen LogP contribution in [0.15, 0.2) is 71.6 Å². The van der Waals surface area contributed by atoms with Gasteiger partial charge in [-0.05, 0) is 48.5 Å². The first-order valence-corrected chi connectivity index (χ1v) is 10.2. The maximum atomic E-state index is 13.7.